The number of carboxylic acid groups (broad SMARTS) is 1. The van der Waals surface area contributed by atoms with Crippen LogP contribution in [0.25, 0.3) is 11.1 Å². The molecule has 1 atom stereocenters. The van der Waals surface area contributed by atoms with Crippen molar-refractivity contribution in [1.82, 2.24) is 5.32 Å². The van der Waals surface area contributed by atoms with E-state index in [1.165, 1.54) is 34.0 Å². The summed E-state index contributed by atoms with van der Waals surface area (Å²) in [5.41, 5.74) is 4.86. The van der Waals surface area contributed by atoms with Gasteiger partial charge in [-0.15, -0.1) is 0 Å². The summed E-state index contributed by atoms with van der Waals surface area (Å²) in [4.78, 5) is 23.3. The van der Waals surface area contributed by atoms with E-state index in [4.69, 9.17) is 39.5 Å². The number of fused-ring (bicyclic) bond motifs is 3. The number of carbonyl (C=O) groups is 2. The van der Waals surface area contributed by atoms with Crippen LogP contribution in [0.15, 0.2) is 48.5 Å². The minimum absolute atomic E-state index is 0.165. The predicted octanol–water partition coefficient (Wildman–Crippen LogP) is 5.08. The first-order valence-electron chi connectivity index (χ1n) is 8.75. The average Bonchev–Trinajstić information content (AvgIpc) is 2.99. The fourth-order valence-corrected chi connectivity index (χ4v) is 4.61. The zero-order chi connectivity index (χ0) is 21.0. The maximum Gasteiger partial charge on any atom is 0.408 e. The molecule has 0 spiro atoms. The lowest BCUT2D eigenvalue weighted by atomic mass is 9.99. The van der Waals surface area contributed by atoms with Gasteiger partial charge in [0.2, 0.25) is 3.79 Å². The maximum atomic E-state index is 11.8. The van der Waals surface area contributed by atoms with Crippen LogP contribution in [0.5, 0.6) is 0 Å². The lowest BCUT2D eigenvalue weighted by molar-refractivity contribution is -0.138. The number of halogens is 3. The molecule has 0 radical (unpaired) electrons. The van der Waals surface area contributed by atoms with E-state index < -0.39 is 28.5 Å². The van der Waals surface area contributed by atoms with Crippen LogP contribution in [0.3, 0.4) is 0 Å². The first-order chi connectivity index (χ1) is 13.8. The second-order valence-corrected chi connectivity index (χ2v) is 10.1. The Hall–Kier alpha value is -1.60. The van der Waals surface area contributed by atoms with Gasteiger partial charge in [-0.25, -0.2) is 9.59 Å². The Morgan fingerprint density at radius 1 is 1.07 bits per heavy atom. The molecule has 3 rings (SSSR count). The zero-order valence-corrected chi connectivity index (χ0v) is 18.2. The average molecular weight is 475 g/mol. The largest absolute Gasteiger partial charge is 0.480 e. The smallest absolute Gasteiger partial charge is 0.408 e. The van der Waals surface area contributed by atoms with Gasteiger partial charge in [0, 0.05) is 17.4 Å². The van der Waals surface area contributed by atoms with Crippen LogP contribution < -0.4 is 5.32 Å². The summed E-state index contributed by atoms with van der Waals surface area (Å²) in [7, 11) is 0. The molecule has 154 valence electrons. The second kappa shape index (κ2) is 9.47. The number of rotatable bonds is 7. The number of alkyl carbamates (subject to hydrolysis) is 1. The highest BCUT2D eigenvalue weighted by atomic mass is 35.6. The highest BCUT2D eigenvalue weighted by molar-refractivity contribution is 7.99. The lowest BCUT2D eigenvalue weighted by Gasteiger charge is -2.18. The van der Waals surface area contributed by atoms with E-state index in [0.29, 0.717) is 5.75 Å². The van der Waals surface area contributed by atoms with Crippen LogP contribution in [-0.2, 0) is 9.53 Å². The normalized spacial score (nSPS) is 14.0. The van der Waals surface area contributed by atoms with Gasteiger partial charge >= 0.3 is 12.1 Å². The third-order valence-corrected chi connectivity index (χ3v) is 5.95. The first kappa shape index (κ1) is 22.1. The number of thioether (sulfide) groups is 1. The Bertz CT molecular complexity index is 858. The van der Waals surface area contributed by atoms with Crippen LogP contribution in [-0.4, -0.2) is 45.1 Å². The Balaban J connectivity index is 1.60. The van der Waals surface area contributed by atoms with E-state index in [1.807, 2.05) is 24.3 Å². The molecule has 0 heterocycles. The van der Waals surface area contributed by atoms with E-state index in [9.17, 15) is 14.7 Å². The molecule has 0 bridgehead atoms. The molecular formula is C20H18Cl3NO4S. The summed E-state index contributed by atoms with van der Waals surface area (Å²) < 4.78 is 2.99. The molecule has 2 N–H and O–H groups in total. The molecule has 0 aromatic heterocycles. The summed E-state index contributed by atoms with van der Waals surface area (Å²) >= 11 is 18.0. The SMILES string of the molecule is O=C(NC(CSCC1c2ccccc2-c2ccccc21)C(=O)O)OCC(Cl)(Cl)Cl. The Labute approximate surface area is 187 Å². The van der Waals surface area contributed by atoms with E-state index in [2.05, 4.69) is 29.6 Å². The Kier molecular flexibility index (Phi) is 7.22. The van der Waals surface area contributed by atoms with Gasteiger partial charge in [0.25, 0.3) is 0 Å². The number of aliphatic carboxylic acids is 1. The molecule has 1 aliphatic carbocycles. The number of benzene rings is 2. The van der Waals surface area contributed by atoms with Gasteiger partial charge in [-0.05, 0) is 22.3 Å². The highest BCUT2D eigenvalue weighted by Gasteiger charge is 2.29. The van der Waals surface area contributed by atoms with Crippen molar-refractivity contribution in [2.24, 2.45) is 0 Å². The van der Waals surface area contributed by atoms with Gasteiger partial charge < -0.3 is 15.2 Å². The number of alkyl halides is 3. The van der Waals surface area contributed by atoms with Crippen LogP contribution in [0.2, 0.25) is 0 Å². The zero-order valence-electron chi connectivity index (χ0n) is 15.1. The number of ether oxygens (including phenoxy) is 1. The number of hydrogen-bond donors (Lipinski definition) is 2. The van der Waals surface area contributed by atoms with E-state index >= 15 is 0 Å². The topological polar surface area (TPSA) is 75.6 Å². The standard InChI is InChI=1S/C20H18Cl3NO4S/c21-20(22,23)11-28-19(27)24-17(18(25)26)10-29-9-16-14-7-3-1-5-12(14)13-6-2-4-8-15(13)16/h1-8,16-17H,9-11H2,(H,24,27)(H,25,26). The molecule has 5 nitrogen and oxygen atoms in total. The van der Waals surface area contributed by atoms with Crippen LogP contribution in [0.4, 0.5) is 4.79 Å². The van der Waals surface area contributed by atoms with E-state index in [-0.39, 0.29) is 11.7 Å². The van der Waals surface area contributed by atoms with Gasteiger partial charge in [0.1, 0.15) is 12.6 Å². The van der Waals surface area contributed by atoms with Gasteiger partial charge in [-0.3, -0.25) is 0 Å². The molecular weight excluding hydrogens is 457 g/mol. The molecule has 0 fully saturated rings. The third-order valence-electron chi connectivity index (χ3n) is 4.49. The summed E-state index contributed by atoms with van der Waals surface area (Å²) in [6.07, 6.45) is -0.944. The molecule has 1 aliphatic rings. The van der Waals surface area contributed by atoms with Crippen molar-refractivity contribution in [2.45, 2.75) is 15.8 Å². The number of amides is 1. The fraction of sp³-hybridized carbons (Fsp3) is 0.300. The predicted molar refractivity (Wildman–Crippen MR) is 117 cm³/mol. The maximum absolute atomic E-state index is 11.8. The lowest BCUT2D eigenvalue weighted by Crippen LogP contribution is -2.43. The summed E-state index contributed by atoms with van der Waals surface area (Å²) in [6.45, 7) is -0.474. The monoisotopic (exact) mass is 473 g/mol. The van der Waals surface area contributed by atoms with Crippen molar-refractivity contribution < 1.29 is 19.4 Å². The summed E-state index contributed by atoms with van der Waals surface area (Å²) in [5.74, 6) is -0.129. The van der Waals surface area contributed by atoms with Crippen molar-refractivity contribution in [3.05, 3.63) is 59.7 Å². The Morgan fingerprint density at radius 3 is 2.14 bits per heavy atom. The van der Waals surface area contributed by atoms with Gasteiger partial charge in [-0.1, -0.05) is 83.3 Å². The molecule has 1 amide bonds. The minimum Gasteiger partial charge on any atom is -0.480 e. The number of carboxylic acids is 1. The second-order valence-electron chi connectivity index (χ2n) is 6.49. The van der Waals surface area contributed by atoms with Crippen molar-refractivity contribution in [2.75, 3.05) is 18.1 Å². The van der Waals surface area contributed by atoms with Crippen molar-refractivity contribution in [1.29, 1.82) is 0 Å². The number of carbonyl (C=O) groups excluding carboxylic acids is 1. The summed E-state index contributed by atoms with van der Waals surface area (Å²) in [5, 5.41) is 11.7. The molecule has 2 aromatic carbocycles. The first-order valence-corrected chi connectivity index (χ1v) is 11.0. The molecule has 1 unspecified atom stereocenters. The fourth-order valence-electron chi connectivity index (χ4n) is 3.25. The quantitative estimate of drug-likeness (QED) is 0.547. The minimum atomic E-state index is -1.76. The van der Waals surface area contributed by atoms with Crippen molar-refractivity contribution in [3.63, 3.8) is 0 Å². The van der Waals surface area contributed by atoms with E-state index in [1.54, 1.807) is 0 Å². The third kappa shape index (κ3) is 5.72. The summed E-state index contributed by atoms with van der Waals surface area (Å²) in [6, 6.07) is 15.3. The van der Waals surface area contributed by atoms with E-state index in [0.717, 1.165) is 0 Å². The molecule has 2 aromatic rings. The molecule has 0 saturated carbocycles. The van der Waals surface area contributed by atoms with Crippen LogP contribution in [0.1, 0.15) is 17.0 Å². The number of hydrogen-bond acceptors (Lipinski definition) is 4. The number of nitrogens with one attached hydrogen (secondary N) is 1. The highest BCUT2D eigenvalue weighted by Crippen LogP contribution is 2.45. The molecule has 29 heavy (non-hydrogen) atoms. The molecule has 9 heteroatoms. The van der Waals surface area contributed by atoms with Crippen molar-refractivity contribution >= 4 is 58.6 Å². The van der Waals surface area contributed by atoms with Crippen LogP contribution in [0, 0.1) is 0 Å². The molecule has 0 saturated heterocycles. The van der Waals surface area contributed by atoms with Gasteiger partial charge in [0.15, 0.2) is 0 Å². The molecule has 0 aliphatic heterocycles. The Morgan fingerprint density at radius 2 is 1.62 bits per heavy atom. The van der Waals surface area contributed by atoms with Crippen LogP contribution >= 0.6 is 46.6 Å². The van der Waals surface area contributed by atoms with Gasteiger partial charge in [0.05, 0.1) is 0 Å². The van der Waals surface area contributed by atoms with Gasteiger partial charge in [-0.2, -0.15) is 11.8 Å². The van der Waals surface area contributed by atoms with Crippen molar-refractivity contribution in [3.8, 4) is 11.1 Å².